The van der Waals surface area contributed by atoms with Crippen molar-refractivity contribution in [3.8, 4) is 11.8 Å². The van der Waals surface area contributed by atoms with Gasteiger partial charge in [-0.1, -0.05) is 12.2 Å². The number of hydrogen-bond donors (Lipinski definition) is 0. The standard InChI is InChI=1S/C27H23F4N5O2S/c1-35(20-13-21(27(29,30)31)23(15-32)34-16-20)25(37)26(8-2-9-26)36(17-39)19-3-4-24(22(28)14-19)38-12-7-18-5-10-33-11-6-18/h3-6,10-11,13-14,16-17H,2,7-9,12H2,1H3. The highest BCUT2D eigenvalue weighted by atomic mass is 32.1. The van der Waals surface area contributed by atoms with E-state index >= 15 is 0 Å². The number of rotatable bonds is 9. The number of pyridine rings is 2. The van der Waals surface area contributed by atoms with Crippen LogP contribution in [0.1, 0.15) is 36.1 Å². The smallest absolute Gasteiger partial charge is 0.419 e. The number of amides is 1. The van der Waals surface area contributed by atoms with Crippen molar-refractivity contribution >= 4 is 35.0 Å². The molecule has 12 heteroatoms. The Balaban J connectivity index is 1.55. The summed E-state index contributed by atoms with van der Waals surface area (Å²) in [5.41, 5.74) is -0.850. The van der Waals surface area contributed by atoms with Crippen LogP contribution < -0.4 is 14.5 Å². The van der Waals surface area contributed by atoms with E-state index in [9.17, 15) is 22.4 Å². The van der Waals surface area contributed by atoms with Crippen molar-refractivity contribution in [3.63, 3.8) is 0 Å². The fourth-order valence-electron chi connectivity index (χ4n) is 4.44. The fourth-order valence-corrected chi connectivity index (χ4v) is 4.76. The second-order valence-electron chi connectivity index (χ2n) is 8.99. The van der Waals surface area contributed by atoms with Gasteiger partial charge in [-0.3, -0.25) is 9.78 Å². The number of nitriles is 1. The molecule has 0 unspecified atom stereocenters. The second-order valence-corrected chi connectivity index (χ2v) is 9.20. The van der Waals surface area contributed by atoms with E-state index in [0.717, 1.165) is 22.7 Å². The highest BCUT2D eigenvalue weighted by Gasteiger charge is 2.51. The van der Waals surface area contributed by atoms with Gasteiger partial charge in [-0.2, -0.15) is 18.4 Å². The van der Waals surface area contributed by atoms with Gasteiger partial charge in [0.1, 0.15) is 11.6 Å². The molecule has 0 radical (unpaired) electrons. The van der Waals surface area contributed by atoms with Crippen LogP contribution in [0.5, 0.6) is 5.75 Å². The third kappa shape index (κ3) is 5.68. The van der Waals surface area contributed by atoms with Gasteiger partial charge in [-0.15, -0.1) is 0 Å². The first-order chi connectivity index (χ1) is 18.6. The van der Waals surface area contributed by atoms with Gasteiger partial charge in [0.15, 0.2) is 17.3 Å². The van der Waals surface area contributed by atoms with Crippen LogP contribution in [-0.2, 0) is 17.4 Å². The number of aromatic nitrogens is 2. The van der Waals surface area contributed by atoms with Crippen molar-refractivity contribution in [1.29, 1.82) is 5.26 Å². The van der Waals surface area contributed by atoms with E-state index in [-0.39, 0.29) is 18.0 Å². The van der Waals surface area contributed by atoms with Crippen LogP contribution in [0.2, 0.25) is 0 Å². The number of anilines is 2. The first kappa shape index (κ1) is 27.9. The predicted octanol–water partition coefficient (Wildman–Crippen LogP) is 5.48. The van der Waals surface area contributed by atoms with Crippen molar-refractivity contribution < 1.29 is 27.1 Å². The molecule has 1 amide bonds. The molecule has 0 aliphatic heterocycles. The summed E-state index contributed by atoms with van der Waals surface area (Å²) in [6.07, 6.45) is 1.45. The number of halogens is 4. The molecule has 1 aliphatic carbocycles. The molecular formula is C27H23F4N5O2S. The predicted molar refractivity (Wildman–Crippen MR) is 140 cm³/mol. The maximum Gasteiger partial charge on any atom is 0.419 e. The van der Waals surface area contributed by atoms with E-state index in [1.165, 1.54) is 35.6 Å². The Hall–Kier alpha value is -4.11. The van der Waals surface area contributed by atoms with Gasteiger partial charge in [0.05, 0.1) is 29.5 Å². The molecule has 7 nitrogen and oxygen atoms in total. The summed E-state index contributed by atoms with van der Waals surface area (Å²) in [6.45, 7) is 0.239. The molecule has 2 heterocycles. The summed E-state index contributed by atoms with van der Waals surface area (Å²) in [7, 11) is 1.33. The Bertz CT molecular complexity index is 1410. The zero-order valence-electron chi connectivity index (χ0n) is 20.8. The normalized spacial score (nSPS) is 14.1. The number of alkyl halides is 3. The number of benzene rings is 1. The van der Waals surface area contributed by atoms with Gasteiger partial charge in [-0.25, -0.2) is 9.37 Å². The number of hydrogen-bond acceptors (Lipinski definition) is 6. The molecule has 1 fully saturated rings. The van der Waals surface area contributed by atoms with E-state index < -0.39 is 34.7 Å². The van der Waals surface area contributed by atoms with Crippen molar-refractivity contribution in [2.75, 3.05) is 23.5 Å². The Labute approximate surface area is 227 Å². The van der Waals surface area contributed by atoms with Gasteiger partial charge in [0.25, 0.3) is 5.91 Å². The molecule has 202 valence electrons. The van der Waals surface area contributed by atoms with Crippen molar-refractivity contribution in [2.45, 2.75) is 37.4 Å². The van der Waals surface area contributed by atoms with Gasteiger partial charge < -0.3 is 14.5 Å². The maximum absolute atomic E-state index is 15.0. The fraction of sp³-hybridized carbons (Fsp3) is 0.296. The number of ether oxygens (including phenoxy) is 1. The second kappa shape index (κ2) is 11.3. The van der Waals surface area contributed by atoms with Crippen LogP contribution >= 0.6 is 12.2 Å². The molecule has 0 N–H and O–H groups in total. The lowest BCUT2D eigenvalue weighted by Crippen LogP contribution is -2.63. The SMILES string of the molecule is CN(C(=O)C1(N(C=S)c2ccc(OCCc3ccncc3)c(F)c2)CCC1)c1cnc(C#N)c(C(F)(F)F)c1. The molecule has 3 aromatic rings. The molecule has 0 spiro atoms. The Kier molecular flexibility index (Phi) is 8.11. The topological polar surface area (TPSA) is 82.3 Å². The molecule has 1 aliphatic rings. The largest absolute Gasteiger partial charge is 0.490 e. The molecule has 0 atom stereocenters. The van der Waals surface area contributed by atoms with E-state index in [1.54, 1.807) is 18.5 Å². The van der Waals surface area contributed by atoms with Gasteiger partial charge in [0.2, 0.25) is 0 Å². The quantitative estimate of drug-likeness (QED) is 0.255. The van der Waals surface area contributed by atoms with E-state index in [1.807, 2.05) is 12.1 Å². The van der Waals surface area contributed by atoms with Crippen molar-refractivity contribution in [1.82, 2.24) is 9.97 Å². The average molecular weight is 558 g/mol. The minimum absolute atomic E-state index is 0.0339. The van der Waals surface area contributed by atoms with Crippen molar-refractivity contribution in [2.24, 2.45) is 0 Å². The van der Waals surface area contributed by atoms with Crippen LogP contribution in [0.4, 0.5) is 28.9 Å². The third-order valence-electron chi connectivity index (χ3n) is 6.71. The van der Waals surface area contributed by atoms with Gasteiger partial charge in [-0.05, 0) is 55.2 Å². The van der Waals surface area contributed by atoms with E-state index in [0.29, 0.717) is 31.4 Å². The van der Waals surface area contributed by atoms with E-state index in [4.69, 9.17) is 22.2 Å². The molecule has 0 saturated heterocycles. The minimum Gasteiger partial charge on any atom is -0.490 e. The number of thiocarbonyl (C=S) groups is 1. The zero-order chi connectivity index (χ0) is 28.2. The van der Waals surface area contributed by atoms with Crippen LogP contribution in [0.25, 0.3) is 0 Å². The highest BCUT2D eigenvalue weighted by Crippen LogP contribution is 2.43. The third-order valence-corrected chi connectivity index (χ3v) is 6.92. The first-order valence-corrected chi connectivity index (χ1v) is 12.4. The Morgan fingerprint density at radius 1 is 1.21 bits per heavy atom. The summed E-state index contributed by atoms with van der Waals surface area (Å²) in [4.78, 5) is 23.8. The molecule has 0 bridgehead atoms. The molecule has 1 saturated carbocycles. The van der Waals surface area contributed by atoms with Crippen LogP contribution in [0, 0.1) is 17.1 Å². The van der Waals surface area contributed by atoms with Crippen molar-refractivity contribution in [3.05, 3.63) is 77.6 Å². The number of nitrogens with zero attached hydrogens (tertiary/aromatic N) is 5. The van der Waals surface area contributed by atoms with Gasteiger partial charge in [0, 0.05) is 37.6 Å². The summed E-state index contributed by atoms with van der Waals surface area (Å²) in [5.74, 6) is -1.15. The first-order valence-electron chi connectivity index (χ1n) is 11.9. The number of carbonyl (C=O) groups is 1. The van der Waals surface area contributed by atoms with E-state index in [2.05, 4.69) is 9.97 Å². The maximum atomic E-state index is 15.0. The summed E-state index contributed by atoms with van der Waals surface area (Å²) in [5, 5.41) is 9.01. The van der Waals surface area contributed by atoms with Crippen LogP contribution in [0.15, 0.2) is 55.0 Å². The summed E-state index contributed by atoms with van der Waals surface area (Å²) in [6, 6.07) is 10.0. The number of carbonyl (C=O) groups excluding carboxylic acids is 1. The number of likely N-dealkylation sites (N-methyl/N-ethyl adjacent to an activating group) is 1. The molecule has 2 aromatic heterocycles. The minimum atomic E-state index is -4.83. The lowest BCUT2D eigenvalue weighted by molar-refractivity contribution is -0.138. The zero-order valence-corrected chi connectivity index (χ0v) is 21.6. The lowest BCUT2D eigenvalue weighted by atomic mass is 9.74. The molecular weight excluding hydrogens is 534 g/mol. The van der Waals surface area contributed by atoms with Crippen LogP contribution in [0.3, 0.4) is 0 Å². The highest BCUT2D eigenvalue weighted by molar-refractivity contribution is 7.79. The Morgan fingerprint density at radius 2 is 1.92 bits per heavy atom. The molecule has 39 heavy (non-hydrogen) atoms. The molecule has 1 aromatic carbocycles. The monoisotopic (exact) mass is 557 g/mol. The summed E-state index contributed by atoms with van der Waals surface area (Å²) >= 11 is 5.20. The van der Waals surface area contributed by atoms with Crippen LogP contribution in [-0.4, -0.2) is 40.6 Å². The molecule has 4 rings (SSSR count). The average Bonchev–Trinajstić information content (AvgIpc) is 2.90. The lowest BCUT2D eigenvalue weighted by Gasteiger charge is -2.49. The van der Waals surface area contributed by atoms with Gasteiger partial charge >= 0.3 is 6.18 Å². The Morgan fingerprint density at radius 3 is 2.49 bits per heavy atom. The summed E-state index contributed by atoms with van der Waals surface area (Å²) < 4.78 is 61.0.